The number of rotatable bonds is 4. The van der Waals surface area contributed by atoms with Gasteiger partial charge in [-0.25, -0.2) is 8.78 Å². The van der Waals surface area contributed by atoms with Crippen molar-refractivity contribution in [2.75, 3.05) is 14.2 Å². The molecule has 1 saturated carbocycles. The number of methoxy groups -OCH3 is 1. The summed E-state index contributed by atoms with van der Waals surface area (Å²) in [7, 11) is 3.45. The molecule has 0 aliphatic heterocycles. The third-order valence-corrected chi connectivity index (χ3v) is 4.44. The van der Waals surface area contributed by atoms with Crippen LogP contribution in [-0.4, -0.2) is 19.8 Å². The molecule has 0 radical (unpaired) electrons. The summed E-state index contributed by atoms with van der Waals surface area (Å²) in [5, 5.41) is 3.14. The van der Waals surface area contributed by atoms with Crippen LogP contribution in [0, 0.1) is 11.6 Å². The summed E-state index contributed by atoms with van der Waals surface area (Å²) in [6, 6.07) is 3.29. The summed E-state index contributed by atoms with van der Waals surface area (Å²) in [6.45, 7) is 0. The SMILES string of the molecule is CNC(c1cc(F)ccc1F)C1(OC)CCCCCC1. The number of benzene rings is 1. The lowest BCUT2D eigenvalue weighted by Gasteiger charge is -2.39. The van der Waals surface area contributed by atoms with Gasteiger partial charge in [-0.05, 0) is 38.1 Å². The van der Waals surface area contributed by atoms with E-state index in [1.165, 1.54) is 25.0 Å². The standard InChI is InChI=1S/C16H23F2NO/c1-19-15(13-11-12(17)7-8-14(13)18)16(20-2)9-5-3-4-6-10-16/h7-8,11,15,19H,3-6,9-10H2,1-2H3. The third-order valence-electron chi connectivity index (χ3n) is 4.44. The topological polar surface area (TPSA) is 21.3 Å². The van der Waals surface area contributed by atoms with E-state index in [1.54, 1.807) is 14.2 Å². The van der Waals surface area contributed by atoms with E-state index in [2.05, 4.69) is 5.32 Å². The molecule has 1 fully saturated rings. The minimum atomic E-state index is -0.458. The first-order chi connectivity index (χ1) is 9.63. The molecule has 1 N–H and O–H groups in total. The molecule has 0 aromatic heterocycles. The zero-order valence-corrected chi connectivity index (χ0v) is 12.2. The lowest BCUT2D eigenvalue weighted by molar-refractivity contribution is -0.0531. The van der Waals surface area contributed by atoms with Gasteiger partial charge in [0.1, 0.15) is 11.6 Å². The third kappa shape index (κ3) is 3.01. The molecule has 2 nitrogen and oxygen atoms in total. The van der Waals surface area contributed by atoms with Crippen molar-refractivity contribution >= 4 is 0 Å². The molecule has 0 saturated heterocycles. The Morgan fingerprint density at radius 1 is 1.15 bits per heavy atom. The highest BCUT2D eigenvalue weighted by Gasteiger charge is 2.40. The average Bonchev–Trinajstić information content (AvgIpc) is 2.70. The Morgan fingerprint density at radius 3 is 2.35 bits per heavy atom. The van der Waals surface area contributed by atoms with Gasteiger partial charge in [-0.1, -0.05) is 25.7 Å². The number of likely N-dealkylation sites (N-methyl/N-ethyl adjacent to an activating group) is 1. The van der Waals surface area contributed by atoms with Crippen molar-refractivity contribution in [1.82, 2.24) is 5.32 Å². The zero-order valence-electron chi connectivity index (χ0n) is 12.2. The van der Waals surface area contributed by atoms with Crippen LogP contribution in [0.25, 0.3) is 0 Å². The molecule has 1 unspecified atom stereocenters. The van der Waals surface area contributed by atoms with Crippen LogP contribution in [-0.2, 0) is 4.74 Å². The van der Waals surface area contributed by atoms with E-state index in [9.17, 15) is 8.78 Å². The maximum absolute atomic E-state index is 14.1. The van der Waals surface area contributed by atoms with Crippen LogP contribution in [0.2, 0.25) is 0 Å². The van der Waals surface area contributed by atoms with E-state index < -0.39 is 11.4 Å². The van der Waals surface area contributed by atoms with Crippen LogP contribution in [0.3, 0.4) is 0 Å². The van der Waals surface area contributed by atoms with Crippen molar-refractivity contribution in [2.45, 2.75) is 50.2 Å². The second-order valence-electron chi connectivity index (χ2n) is 5.57. The Bertz CT molecular complexity index is 442. The summed E-state index contributed by atoms with van der Waals surface area (Å²) in [6.07, 6.45) is 6.20. The highest BCUT2D eigenvalue weighted by atomic mass is 19.1. The minimum absolute atomic E-state index is 0.332. The van der Waals surface area contributed by atoms with Gasteiger partial charge in [0.05, 0.1) is 11.6 Å². The smallest absolute Gasteiger partial charge is 0.128 e. The molecule has 0 heterocycles. The van der Waals surface area contributed by atoms with Crippen molar-refractivity contribution in [3.05, 3.63) is 35.4 Å². The fourth-order valence-electron chi connectivity index (χ4n) is 3.38. The molecule has 0 amide bonds. The average molecular weight is 283 g/mol. The monoisotopic (exact) mass is 283 g/mol. The molecule has 112 valence electrons. The summed E-state index contributed by atoms with van der Waals surface area (Å²) in [5.74, 6) is -0.798. The molecule has 1 aliphatic rings. The largest absolute Gasteiger partial charge is 0.376 e. The molecule has 1 aliphatic carbocycles. The molecule has 2 rings (SSSR count). The summed E-state index contributed by atoms with van der Waals surface area (Å²) in [5.41, 5.74) is -0.101. The Balaban J connectivity index is 2.40. The minimum Gasteiger partial charge on any atom is -0.376 e. The second kappa shape index (κ2) is 6.64. The molecule has 0 bridgehead atoms. The number of hydrogen-bond acceptors (Lipinski definition) is 2. The van der Waals surface area contributed by atoms with Crippen LogP contribution in [0.15, 0.2) is 18.2 Å². The highest BCUT2D eigenvalue weighted by molar-refractivity contribution is 5.25. The van der Waals surface area contributed by atoms with Gasteiger partial charge in [-0.3, -0.25) is 0 Å². The van der Waals surface area contributed by atoms with E-state index in [-0.39, 0.29) is 11.9 Å². The molecule has 20 heavy (non-hydrogen) atoms. The summed E-state index contributed by atoms with van der Waals surface area (Å²) < 4.78 is 33.4. The molecule has 1 aromatic rings. The molecule has 1 aromatic carbocycles. The lowest BCUT2D eigenvalue weighted by Crippen LogP contribution is -2.44. The van der Waals surface area contributed by atoms with Crippen molar-refractivity contribution in [1.29, 1.82) is 0 Å². The zero-order chi connectivity index (χ0) is 14.6. The Kier molecular flexibility index (Phi) is 5.11. The van der Waals surface area contributed by atoms with E-state index >= 15 is 0 Å². The number of nitrogens with one attached hydrogen (secondary N) is 1. The van der Waals surface area contributed by atoms with Crippen LogP contribution >= 0.6 is 0 Å². The molecular formula is C16H23F2NO. The first-order valence-corrected chi connectivity index (χ1v) is 7.30. The Morgan fingerprint density at radius 2 is 1.80 bits per heavy atom. The van der Waals surface area contributed by atoms with E-state index in [4.69, 9.17) is 4.74 Å². The van der Waals surface area contributed by atoms with Gasteiger partial charge < -0.3 is 10.1 Å². The van der Waals surface area contributed by atoms with Gasteiger partial charge >= 0.3 is 0 Å². The summed E-state index contributed by atoms with van der Waals surface area (Å²) >= 11 is 0. The number of hydrogen-bond donors (Lipinski definition) is 1. The van der Waals surface area contributed by atoms with E-state index in [0.717, 1.165) is 31.7 Å². The van der Waals surface area contributed by atoms with Gasteiger partial charge in [0.15, 0.2) is 0 Å². The first-order valence-electron chi connectivity index (χ1n) is 7.30. The fourth-order valence-corrected chi connectivity index (χ4v) is 3.38. The molecule has 1 atom stereocenters. The van der Waals surface area contributed by atoms with Gasteiger partial charge in [-0.15, -0.1) is 0 Å². The van der Waals surface area contributed by atoms with E-state index in [1.807, 2.05) is 0 Å². The maximum atomic E-state index is 14.1. The van der Waals surface area contributed by atoms with Gasteiger partial charge in [0.2, 0.25) is 0 Å². The van der Waals surface area contributed by atoms with Crippen LogP contribution < -0.4 is 5.32 Å². The Labute approximate surface area is 119 Å². The predicted molar refractivity (Wildman–Crippen MR) is 75.6 cm³/mol. The Hall–Kier alpha value is -1.00. The van der Waals surface area contributed by atoms with Gasteiger partial charge in [-0.2, -0.15) is 0 Å². The first kappa shape index (κ1) is 15.4. The van der Waals surface area contributed by atoms with Crippen LogP contribution in [0.4, 0.5) is 8.78 Å². The maximum Gasteiger partial charge on any atom is 0.128 e. The van der Waals surface area contributed by atoms with Gasteiger partial charge in [0.25, 0.3) is 0 Å². The molecule has 4 heteroatoms. The molecular weight excluding hydrogens is 260 g/mol. The molecule has 0 spiro atoms. The highest BCUT2D eigenvalue weighted by Crippen LogP contribution is 2.40. The van der Waals surface area contributed by atoms with E-state index in [0.29, 0.717) is 5.56 Å². The normalized spacial score (nSPS) is 20.4. The van der Waals surface area contributed by atoms with Crippen molar-refractivity contribution in [3.8, 4) is 0 Å². The van der Waals surface area contributed by atoms with Crippen LogP contribution in [0.5, 0.6) is 0 Å². The quantitative estimate of drug-likeness (QED) is 0.844. The van der Waals surface area contributed by atoms with Crippen molar-refractivity contribution in [2.24, 2.45) is 0 Å². The van der Waals surface area contributed by atoms with Gasteiger partial charge in [0, 0.05) is 12.7 Å². The van der Waals surface area contributed by atoms with Crippen molar-refractivity contribution < 1.29 is 13.5 Å². The van der Waals surface area contributed by atoms with Crippen LogP contribution in [0.1, 0.15) is 50.1 Å². The second-order valence-corrected chi connectivity index (χ2v) is 5.57. The number of halogens is 2. The summed E-state index contributed by atoms with van der Waals surface area (Å²) in [4.78, 5) is 0. The lowest BCUT2D eigenvalue weighted by atomic mass is 9.82. The fraction of sp³-hybridized carbons (Fsp3) is 0.625. The predicted octanol–water partition coefficient (Wildman–Crippen LogP) is 3.96. The number of ether oxygens (including phenoxy) is 1. The van der Waals surface area contributed by atoms with Crippen molar-refractivity contribution in [3.63, 3.8) is 0 Å².